The maximum absolute atomic E-state index is 8.51. The first kappa shape index (κ1) is 28.3. The molecule has 47 heavy (non-hydrogen) atoms. The summed E-state index contributed by atoms with van der Waals surface area (Å²) < 4.78 is 28.0. The number of aromatic nitrogens is 2. The first-order valence-corrected chi connectivity index (χ1v) is 16.0. The van der Waals surface area contributed by atoms with Gasteiger partial charge in [0, 0.05) is 57.6 Å². The Kier molecular flexibility index (Phi) is 6.39. The van der Waals surface area contributed by atoms with Gasteiger partial charge < -0.3 is 18.4 Å². The van der Waals surface area contributed by atoms with Crippen molar-refractivity contribution < 1.29 is 25.2 Å². The molecule has 9 rings (SSSR count). The predicted molar refractivity (Wildman–Crippen MR) is 193 cm³/mol. The summed E-state index contributed by atoms with van der Waals surface area (Å²) in [5, 5.41) is 2.27. The summed E-state index contributed by atoms with van der Waals surface area (Å²) in [4.78, 5) is 6.94. The maximum Gasteiger partial charge on any atom is 0.179 e. The fourth-order valence-electron chi connectivity index (χ4n) is 7.18. The second-order valence-electron chi connectivity index (χ2n) is 15.0. The van der Waals surface area contributed by atoms with Crippen LogP contribution in [-0.2, 0) is 31.9 Å². The molecule has 1 saturated heterocycles. The van der Waals surface area contributed by atoms with Crippen molar-refractivity contribution in [3.63, 3.8) is 0 Å². The van der Waals surface area contributed by atoms with Crippen molar-refractivity contribution >= 4 is 50.2 Å². The number of fused-ring (bicyclic) bond motifs is 3. The van der Waals surface area contributed by atoms with E-state index >= 15 is 0 Å². The van der Waals surface area contributed by atoms with Crippen LogP contribution in [-0.4, -0.2) is 30.2 Å². The van der Waals surface area contributed by atoms with Crippen molar-refractivity contribution in [1.29, 1.82) is 0 Å². The normalized spacial score (nSPS) is 21.4. The number of hydrogen-bond donors (Lipinski definition) is 0. The first-order valence-electron chi connectivity index (χ1n) is 17.5. The van der Waals surface area contributed by atoms with E-state index in [0.29, 0.717) is 11.2 Å². The monoisotopic (exact) mass is 802 g/mol. The first-order chi connectivity index (χ1) is 23.0. The minimum Gasteiger partial charge on any atom is -0.391 e. The van der Waals surface area contributed by atoms with Crippen molar-refractivity contribution in [1.82, 2.24) is 18.5 Å². The van der Waals surface area contributed by atoms with Gasteiger partial charge in [0.05, 0.1) is 17.8 Å². The number of hydrogen-bond acceptors (Lipinski definition) is 2. The molecule has 2 atom stereocenters. The molecule has 0 unspecified atom stereocenters. The summed E-state index contributed by atoms with van der Waals surface area (Å²) in [6, 6.07) is 36.9. The van der Waals surface area contributed by atoms with E-state index in [2.05, 4.69) is 136 Å². The fourth-order valence-corrected chi connectivity index (χ4v) is 7.18. The van der Waals surface area contributed by atoms with Crippen LogP contribution in [0.3, 0.4) is 0 Å². The molecule has 2 bridgehead atoms. The van der Waals surface area contributed by atoms with E-state index in [-0.39, 0.29) is 36.4 Å². The minimum absolute atomic E-state index is 0. The van der Waals surface area contributed by atoms with Crippen LogP contribution < -0.4 is 13.9 Å². The average molecular weight is 803 g/mol. The Bertz CT molecular complexity index is 2290. The van der Waals surface area contributed by atoms with Crippen molar-refractivity contribution in [2.45, 2.75) is 52.4 Å². The van der Waals surface area contributed by atoms with Gasteiger partial charge in [-0.2, -0.15) is 12.1 Å². The van der Waals surface area contributed by atoms with Crippen LogP contribution in [0, 0.1) is 18.8 Å². The van der Waals surface area contributed by atoms with Crippen LogP contribution in [0.2, 0.25) is 0 Å². The number of nitrogens with zero attached hydrogens (tertiary/aromatic N) is 5. The number of pyridine rings is 1. The Labute approximate surface area is 297 Å². The molecule has 0 spiro atoms. The third kappa shape index (κ3) is 4.81. The minimum atomic E-state index is -2.20. The van der Waals surface area contributed by atoms with E-state index in [4.69, 9.17) is 9.10 Å². The SMILES string of the molecule is [2H]C([2H])([2H])[N@+]12[CH-][N@+](c3[c-]c(N(C)c4[c-]c5c(cc4)c4ccccc4n5-c4cc(C(C)(C)C)ccn4)ccc3)(C1)c1cc(C(C)(C)C)ccc12.[Pt]. The summed E-state index contributed by atoms with van der Waals surface area (Å²) >= 11 is 0. The van der Waals surface area contributed by atoms with Crippen molar-refractivity contribution in [2.24, 2.45) is 0 Å². The second-order valence-corrected chi connectivity index (χ2v) is 15.0. The van der Waals surface area contributed by atoms with Crippen molar-refractivity contribution in [2.75, 3.05) is 25.6 Å². The maximum atomic E-state index is 8.51. The summed E-state index contributed by atoms with van der Waals surface area (Å²) in [6.45, 7) is 13.4. The average Bonchev–Trinajstić information content (AvgIpc) is 3.64. The summed E-state index contributed by atoms with van der Waals surface area (Å²) in [5.41, 5.74) is 8.92. The summed E-state index contributed by atoms with van der Waals surface area (Å²) in [6.07, 6.45) is 1.90. The van der Waals surface area contributed by atoms with Gasteiger partial charge in [-0.15, -0.1) is 29.7 Å². The molecule has 5 nitrogen and oxygen atoms in total. The molecule has 0 aliphatic carbocycles. The van der Waals surface area contributed by atoms with Crippen LogP contribution in [0.25, 0.3) is 27.6 Å². The van der Waals surface area contributed by atoms with Crippen LogP contribution in [0.5, 0.6) is 0 Å². The van der Waals surface area contributed by atoms with E-state index in [1.54, 1.807) is 0 Å². The molecule has 5 heterocycles. The molecule has 0 saturated carbocycles. The Hall–Kier alpha value is -3.76. The Morgan fingerprint density at radius 3 is 2.28 bits per heavy atom. The number of para-hydroxylation sites is 1. The number of anilines is 2. The standard InChI is InChI=1S/C41H42N5.Pt/c1-40(2,3)28-16-19-37-38(22-28)46(26-45(37,8)27-46)32-13-11-12-30(24-32)43(7)31-17-18-34-33-14-9-10-15-35(33)44(36(34)25-31)39-23-29(20-21-42-39)41(4,5)6;/h9-23,26H,27H2,1-8H3;/q-1;/t45-,46+;/m0./s1/i8D3;. The number of benzene rings is 4. The summed E-state index contributed by atoms with van der Waals surface area (Å²) in [5.74, 6) is 0.866. The smallest absolute Gasteiger partial charge is 0.179 e. The quantitative estimate of drug-likeness (QED) is 0.131. The number of quaternary nitrogens is 2. The molecule has 6 aromatic rings. The molecule has 4 aromatic carbocycles. The van der Waals surface area contributed by atoms with E-state index in [1.165, 1.54) is 11.1 Å². The Balaban J connectivity index is 0.00000392. The Morgan fingerprint density at radius 2 is 1.53 bits per heavy atom. The van der Waals surface area contributed by atoms with Gasteiger partial charge in [0.1, 0.15) is 5.82 Å². The van der Waals surface area contributed by atoms with Gasteiger partial charge in [-0.3, -0.25) is 0 Å². The molecule has 1 fully saturated rings. The van der Waals surface area contributed by atoms with Crippen molar-refractivity contribution in [3.05, 3.63) is 121 Å². The molecule has 0 amide bonds. The topological polar surface area (TPSA) is 21.1 Å². The van der Waals surface area contributed by atoms with Gasteiger partial charge >= 0.3 is 0 Å². The van der Waals surface area contributed by atoms with Gasteiger partial charge in [0.2, 0.25) is 0 Å². The molecule has 3 aliphatic rings. The zero-order valence-corrected chi connectivity index (χ0v) is 30.3. The zero-order valence-electron chi connectivity index (χ0n) is 31.0. The van der Waals surface area contributed by atoms with Gasteiger partial charge in [-0.25, -0.2) is 4.98 Å². The molecule has 2 aromatic heterocycles. The van der Waals surface area contributed by atoms with E-state index in [9.17, 15) is 0 Å². The predicted octanol–water partition coefficient (Wildman–Crippen LogP) is 9.82. The molecular formula is C41H42N5Pt-. The zero-order chi connectivity index (χ0) is 34.7. The third-order valence-corrected chi connectivity index (χ3v) is 9.87. The van der Waals surface area contributed by atoms with E-state index < -0.39 is 6.98 Å². The van der Waals surface area contributed by atoms with Gasteiger partial charge in [0.25, 0.3) is 0 Å². The van der Waals surface area contributed by atoms with Gasteiger partial charge in [-0.05, 0) is 45.5 Å². The molecule has 6 heteroatoms. The van der Waals surface area contributed by atoms with Crippen LogP contribution in [0.1, 0.15) is 56.8 Å². The van der Waals surface area contributed by atoms with Crippen LogP contribution in [0.15, 0.2) is 91.1 Å². The van der Waals surface area contributed by atoms with E-state index in [1.807, 2.05) is 32.0 Å². The molecule has 3 aliphatic heterocycles. The second kappa shape index (κ2) is 10.6. The molecule has 0 N–H and O–H groups in total. The van der Waals surface area contributed by atoms with Crippen molar-refractivity contribution in [3.8, 4) is 5.82 Å². The number of rotatable bonds is 4. The van der Waals surface area contributed by atoms with Crippen LogP contribution in [0.4, 0.5) is 28.4 Å². The summed E-state index contributed by atoms with van der Waals surface area (Å²) in [7, 11) is 2.04. The molecule has 0 radical (unpaired) electrons. The largest absolute Gasteiger partial charge is 0.391 e. The third-order valence-electron chi connectivity index (χ3n) is 9.87. The van der Waals surface area contributed by atoms with Gasteiger partial charge in [0.15, 0.2) is 18.0 Å². The van der Waals surface area contributed by atoms with E-state index in [0.717, 1.165) is 56.1 Å². The van der Waals surface area contributed by atoms with Crippen LogP contribution >= 0.6 is 0 Å². The Morgan fingerprint density at radius 1 is 0.809 bits per heavy atom. The van der Waals surface area contributed by atoms with Gasteiger partial charge in [-0.1, -0.05) is 88.8 Å². The molecule has 242 valence electrons. The fraction of sp³-hybridized carbons (Fsp3) is 0.268. The molecular weight excluding hydrogens is 758 g/mol.